The van der Waals surface area contributed by atoms with Crippen molar-refractivity contribution in [3.05, 3.63) is 47.5 Å². The third-order valence-corrected chi connectivity index (χ3v) is 6.46. The second-order valence-electron chi connectivity index (χ2n) is 8.70. The van der Waals surface area contributed by atoms with Crippen LogP contribution in [0.5, 0.6) is 0 Å². The van der Waals surface area contributed by atoms with Gasteiger partial charge in [0.15, 0.2) is 0 Å². The lowest BCUT2D eigenvalue weighted by Crippen LogP contribution is -2.36. The van der Waals surface area contributed by atoms with E-state index in [2.05, 4.69) is 56.5 Å². The molecule has 2 fully saturated rings. The van der Waals surface area contributed by atoms with Crippen LogP contribution in [0.1, 0.15) is 22.3 Å². The van der Waals surface area contributed by atoms with E-state index in [1.165, 1.54) is 5.69 Å². The van der Waals surface area contributed by atoms with Gasteiger partial charge in [-0.1, -0.05) is 0 Å². The number of fused-ring (bicyclic) bond motifs is 1. The highest BCUT2D eigenvalue weighted by molar-refractivity contribution is 6.03. The van der Waals surface area contributed by atoms with Crippen LogP contribution in [0.25, 0.3) is 0 Å². The fourth-order valence-electron chi connectivity index (χ4n) is 4.78. The Hall–Kier alpha value is -2.81. The normalized spacial score (nSPS) is 22.9. The predicted octanol–water partition coefficient (Wildman–Crippen LogP) is 1.69. The fraction of sp³-hybridized carbons (Fsp3) is 0.458. The highest BCUT2D eigenvalue weighted by Crippen LogP contribution is 2.32. The van der Waals surface area contributed by atoms with Crippen LogP contribution in [0.3, 0.4) is 0 Å². The van der Waals surface area contributed by atoms with Crippen LogP contribution in [0.15, 0.2) is 36.4 Å². The van der Waals surface area contributed by atoms with Crippen LogP contribution >= 0.6 is 0 Å². The van der Waals surface area contributed by atoms with Gasteiger partial charge >= 0.3 is 0 Å². The summed E-state index contributed by atoms with van der Waals surface area (Å²) in [7, 11) is 0. The Morgan fingerprint density at radius 1 is 1.12 bits per heavy atom. The Morgan fingerprint density at radius 3 is 2.69 bits per heavy atom. The van der Waals surface area contributed by atoms with E-state index >= 15 is 0 Å². The van der Waals surface area contributed by atoms with Crippen molar-refractivity contribution in [3.63, 3.8) is 0 Å². The smallest absolute Gasteiger partial charge is 0.253 e. The number of morpholine rings is 1. The number of carbonyl (C=O) groups is 1. The lowest BCUT2D eigenvalue weighted by molar-refractivity contribution is 0.0947. The molecule has 2 unspecified atom stereocenters. The van der Waals surface area contributed by atoms with Gasteiger partial charge in [0, 0.05) is 55.3 Å². The van der Waals surface area contributed by atoms with Crippen molar-refractivity contribution in [2.45, 2.75) is 24.9 Å². The molecule has 2 aromatic carbocycles. The molecular weight excluding hydrogens is 406 g/mol. The van der Waals surface area contributed by atoms with Gasteiger partial charge in [-0.15, -0.1) is 0 Å². The lowest BCUT2D eigenvalue weighted by atomic mass is 9.97. The second-order valence-corrected chi connectivity index (χ2v) is 8.70. The van der Waals surface area contributed by atoms with E-state index in [1.807, 2.05) is 6.07 Å². The first-order chi connectivity index (χ1) is 15.7. The van der Waals surface area contributed by atoms with Gasteiger partial charge in [0.1, 0.15) is 0 Å². The van der Waals surface area contributed by atoms with Crippen molar-refractivity contribution in [2.24, 2.45) is 0 Å². The number of nitrogens with zero attached hydrogens (tertiary/aromatic N) is 1. The summed E-state index contributed by atoms with van der Waals surface area (Å²) >= 11 is 0. The summed E-state index contributed by atoms with van der Waals surface area (Å²) in [5, 5.41) is 22.8. The number of nitrogens with one attached hydrogen (secondary N) is 4. The zero-order valence-corrected chi connectivity index (χ0v) is 18.2. The third-order valence-electron chi connectivity index (χ3n) is 6.46. The molecule has 1 amide bonds. The van der Waals surface area contributed by atoms with Gasteiger partial charge in [0.25, 0.3) is 5.91 Å². The zero-order chi connectivity index (χ0) is 21.9. The summed E-state index contributed by atoms with van der Waals surface area (Å²) in [5.41, 5.74) is 5.71. The van der Waals surface area contributed by atoms with Crippen molar-refractivity contribution < 1.29 is 14.6 Å². The van der Waals surface area contributed by atoms with Crippen LogP contribution in [0.2, 0.25) is 0 Å². The molecule has 2 saturated heterocycles. The number of benzene rings is 2. The topological polar surface area (TPSA) is 97.9 Å². The Bertz CT molecular complexity index is 959. The molecule has 0 spiro atoms. The Labute approximate surface area is 188 Å². The number of ether oxygens (including phenoxy) is 1. The maximum absolute atomic E-state index is 12.7. The van der Waals surface area contributed by atoms with Crippen molar-refractivity contribution >= 4 is 28.7 Å². The number of aliphatic hydroxyl groups is 1. The molecule has 3 aliphatic heterocycles. The summed E-state index contributed by atoms with van der Waals surface area (Å²) in [6, 6.07) is 12.8. The van der Waals surface area contributed by atoms with Gasteiger partial charge in [0.05, 0.1) is 31.1 Å². The number of anilines is 4. The minimum Gasteiger partial charge on any atom is -0.395 e. The number of amides is 1. The highest BCUT2D eigenvalue weighted by atomic mass is 16.5. The Kier molecular flexibility index (Phi) is 6.16. The zero-order valence-electron chi connectivity index (χ0n) is 18.2. The molecule has 5 N–H and O–H groups in total. The molecule has 2 aromatic rings. The summed E-state index contributed by atoms with van der Waals surface area (Å²) < 4.78 is 5.44. The molecule has 0 saturated carbocycles. The Morgan fingerprint density at radius 2 is 1.94 bits per heavy atom. The molecule has 170 valence electrons. The van der Waals surface area contributed by atoms with Crippen molar-refractivity contribution in [1.29, 1.82) is 0 Å². The number of aliphatic hydroxyl groups excluding tert-OH is 1. The van der Waals surface area contributed by atoms with Crippen LogP contribution < -0.4 is 26.2 Å². The van der Waals surface area contributed by atoms with Crippen molar-refractivity contribution in [1.82, 2.24) is 10.6 Å². The number of hydrogen-bond acceptors (Lipinski definition) is 7. The average Bonchev–Trinajstić information content (AvgIpc) is 3.27. The SMILES string of the molecule is O=C1NCCc2cc(NC3CNC(CO)C3)cc(Nc3ccc(N4CCOCC4)cc3)c21. The molecule has 0 radical (unpaired) electrons. The highest BCUT2D eigenvalue weighted by Gasteiger charge is 2.26. The summed E-state index contributed by atoms with van der Waals surface area (Å²) in [6.45, 7) is 4.95. The lowest BCUT2D eigenvalue weighted by Gasteiger charge is -2.29. The first kappa shape index (κ1) is 21.1. The van der Waals surface area contributed by atoms with Crippen LogP contribution in [-0.4, -0.2) is 69.1 Å². The van der Waals surface area contributed by atoms with E-state index in [0.29, 0.717) is 6.54 Å². The summed E-state index contributed by atoms with van der Waals surface area (Å²) in [6.07, 6.45) is 1.68. The average molecular weight is 438 g/mol. The van der Waals surface area contributed by atoms with E-state index < -0.39 is 0 Å². The van der Waals surface area contributed by atoms with Crippen molar-refractivity contribution in [3.8, 4) is 0 Å². The predicted molar refractivity (Wildman–Crippen MR) is 126 cm³/mol. The van der Waals surface area contributed by atoms with Crippen molar-refractivity contribution in [2.75, 3.05) is 61.5 Å². The molecular formula is C24H31N5O3. The standard InChI is InChI=1S/C24H31N5O3/c30-15-20-12-19(14-26-20)27-18-11-16-5-6-25-24(31)23(16)22(13-18)28-17-1-3-21(4-2-17)29-7-9-32-10-8-29/h1-4,11,13,19-20,26-28,30H,5-10,12,14-15H2,(H,25,31). The van der Waals surface area contributed by atoms with E-state index in [-0.39, 0.29) is 24.6 Å². The number of rotatable bonds is 6. The molecule has 0 aromatic heterocycles. The molecule has 3 aliphatic rings. The van der Waals surface area contributed by atoms with E-state index in [4.69, 9.17) is 4.74 Å². The van der Waals surface area contributed by atoms with Gasteiger partial charge in [-0.05, 0) is 54.8 Å². The molecule has 0 bridgehead atoms. The molecule has 32 heavy (non-hydrogen) atoms. The molecule has 8 heteroatoms. The molecule has 5 rings (SSSR count). The van der Waals surface area contributed by atoms with Crippen LogP contribution in [0, 0.1) is 0 Å². The summed E-state index contributed by atoms with van der Waals surface area (Å²) in [5.74, 6) is -0.0342. The first-order valence-corrected chi connectivity index (χ1v) is 11.5. The van der Waals surface area contributed by atoms with Gasteiger partial charge < -0.3 is 36.0 Å². The minimum atomic E-state index is -0.0342. The molecule has 8 nitrogen and oxygen atoms in total. The Balaban J connectivity index is 1.37. The van der Waals surface area contributed by atoms with Crippen LogP contribution in [-0.2, 0) is 11.2 Å². The molecule has 0 aliphatic carbocycles. The quantitative estimate of drug-likeness (QED) is 0.469. The van der Waals surface area contributed by atoms with Gasteiger partial charge in [-0.25, -0.2) is 0 Å². The second kappa shape index (κ2) is 9.36. The van der Waals surface area contributed by atoms with E-state index in [1.54, 1.807) is 0 Å². The maximum atomic E-state index is 12.7. The van der Waals surface area contributed by atoms with E-state index in [0.717, 1.165) is 73.9 Å². The van der Waals surface area contributed by atoms with E-state index in [9.17, 15) is 9.90 Å². The third kappa shape index (κ3) is 4.53. The van der Waals surface area contributed by atoms with Crippen LogP contribution in [0.4, 0.5) is 22.7 Å². The van der Waals surface area contributed by atoms with Gasteiger partial charge in [-0.2, -0.15) is 0 Å². The summed E-state index contributed by atoms with van der Waals surface area (Å²) in [4.78, 5) is 15.0. The minimum absolute atomic E-state index is 0.0342. The largest absolute Gasteiger partial charge is 0.395 e. The molecule has 3 heterocycles. The molecule has 2 atom stereocenters. The number of carbonyl (C=O) groups excluding carboxylic acids is 1. The van der Waals surface area contributed by atoms with Gasteiger partial charge in [0.2, 0.25) is 0 Å². The monoisotopic (exact) mass is 437 g/mol. The fourth-order valence-corrected chi connectivity index (χ4v) is 4.78. The first-order valence-electron chi connectivity index (χ1n) is 11.5. The number of hydrogen-bond donors (Lipinski definition) is 5. The van der Waals surface area contributed by atoms with Gasteiger partial charge in [-0.3, -0.25) is 4.79 Å². The maximum Gasteiger partial charge on any atom is 0.253 e.